The number of methoxy groups -OCH3 is 1. The van der Waals surface area contributed by atoms with Crippen LogP contribution in [0.15, 0.2) is 12.4 Å². The van der Waals surface area contributed by atoms with Crippen LogP contribution < -0.4 is 4.57 Å². The highest BCUT2D eigenvalue weighted by Crippen LogP contribution is 2.24. The van der Waals surface area contributed by atoms with Crippen molar-refractivity contribution in [3.05, 3.63) is 18.2 Å². The third kappa shape index (κ3) is 2.48. The molecule has 1 aromatic rings. The molecule has 0 bridgehead atoms. The molecular weight excluding hydrogens is 224 g/mol. The van der Waals surface area contributed by atoms with Gasteiger partial charge in [0.2, 0.25) is 0 Å². The van der Waals surface area contributed by atoms with Crippen molar-refractivity contribution in [3.63, 3.8) is 0 Å². The van der Waals surface area contributed by atoms with Crippen LogP contribution in [0.5, 0.6) is 0 Å². The van der Waals surface area contributed by atoms with Gasteiger partial charge in [-0.25, -0.2) is 14.3 Å². The van der Waals surface area contributed by atoms with E-state index >= 15 is 0 Å². The van der Waals surface area contributed by atoms with E-state index < -0.39 is 11.8 Å². The fraction of sp³-hybridized carbons (Fsp3) is 0.636. The number of aromatic amines is 1. The van der Waals surface area contributed by atoms with Crippen molar-refractivity contribution in [2.45, 2.75) is 19.6 Å². The lowest BCUT2D eigenvalue weighted by molar-refractivity contribution is -0.688. The zero-order chi connectivity index (χ0) is 12.9. The van der Waals surface area contributed by atoms with Gasteiger partial charge in [0.1, 0.15) is 12.4 Å². The van der Waals surface area contributed by atoms with E-state index in [1.54, 1.807) is 37.9 Å². The van der Waals surface area contributed by atoms with E-state index in [1.807, 2.05) is 0 Å². The van der Waals surface area contributed by atoms with Crippen LogP contribution in [0.1, 0.15) is 19.7 Å². The Morgan fingerprint density at radius 2 is 2.18 bits per heavy atom. The van der Waals surface area contributed by atoms with Crippen molar-refractivity contribution in [1.82, 2.24) is 4.98 Å². The first-order valence-corrected chi connectivity index (χ1v) is 5.52. The third-order valence-electron chi connectivity index (χ3n) is 2.36. The predicted molar refractivity (Wildman–Crippen MR) is 58.9 cm³/mol. The maximum atomic E-state index is 12.0. The molecule has 0 fully saturated rings. The summed E-state index contributed by atoms with van der Waals surface area (Å²) in [4.78, 5) is 15.0. The number of aryl methyl sites for hydroxylation is 1. The first-order valence-electron chi connectivity index (χ1n) is 5.52. The number of carbonyl (C=O) groups is 1. The lowest BCUT2D eigenvalue weighted by Gasteiger charge is -2.25. The third-order valence-corrected chi connectivity index (χ3v) is 2.36. The van der Waals surface area contributed by atoms with E-state index in [4.69, 9.17) is 14.2 Å². The van der Waals surface area contributed by atoms with Crippen molar-refractivity contribution in [2.75, 3.05) is 20.3 Å². The van der Waals surface area contributed by atoms with Crippen LogP contribution in [0.2, 0.25) is 0 Å². The van der Waals surface area contributed by atoms with Crippen LogP contribution in [0.3, 0.4) is 0 Å². The molecule has 1 unspecified atom stereocenters. The molecule has 1 heterocycles. The van der Waals surface area contributed by atoms with Crippen molar-refractivity contribution in [1.29, 1.82) is 0 Å². The molecule has 0 aliphatic carbocycles. The smallest absolute Gasteiger partial charge is 0.380 e. The highest BCUT2D eigenvalue weighted by molar-refractivity contribution is 5.78. The summed E-state index contributed by atoms with van der Waals surface area (Å²) >= 11 is 0. The highest BCUT2D eigenvalue weighted by atomic mass is 16.7. The quantitative estimate of drug-likeness (QED) is 0.441. The molecule has 1 aromatic heterocycles. The molecule has 1 rings (SSSR count). The van der Waals surface area contributed by atoms with Gasteiger partial charge in [-0.3, -0.25) is 0 Å². The number of nitrogens with zero attached hydrogens (tertiary/aromatic N) is 1. The van der Waals surface area contributed by atoms with Gasteiger partial charge in [-0.05, 0) is 13.8 Å². The maximum absolute atomic E-state index is 12.0. The maximum Gasteiger partial charge on any atom is 0.380 e. The second-order valence-corrected chi connectivity index (χ2v) is 3.39. The highest BCUT2D eigenvalue weighted by Gasteiger charge is 2.51. The standard InChI is InChI=1S/C11H18N2O4/c1-5-16-10(14)11(15-4,17-6-2)9-12-7-8-13(9)3/h7-8H,5-6H2,1-4H3/p+1. The molecule has 96 valence electrons. The molecule has 6 nitrogen and oxygen atoms in total. The Morgan fingerprint density at radius 3 is 2.59 bits per heavy atom. The molecule has 1 atom stereocenters. The van der Waals surface area contributed by atoms with Gasteiger partial charge < -0.3 is 14.2 Å². The topological polar surface area (TPSA) is 64.4 Å². The van der Waals surface area contributed by atoms with Gasteiger partial charge in [0, 0.05) is 13.7 Å². The van der Waals surface area contributed by atoms with Gasteiger partial charge in [-0.15, -0.1) is 0 Å². The summed E-state index contributed by atoms with van der Waals surface area (Å²) in [7, 11) is 3.20. The monoisotopic (exact) mass is 243 g/mol. The lowest BCUT2D eigenvalue weighted by Crippen LogP contribution is -2.50. The van der Waals surface area contributed by atoms with Crippen molar-refractivity contribution < 1.29 is 23.6 Å². The molecule has 0 saturated heterocycles. The summed E-state index contributed by atoms with van der Waals surface area (Å²) in [6.45, 7) is 4.11. The van der Waals surface area contributed by atoms with Gasteiger partial charge in [0.05, 0.1) is 13.7 Å². The van der Waals surface area contributed by atoms with Gasteiger partial charge >= 0.3 is 17.6 Å². The van der Waals surface area contributed by atoms with Crippen LogP contribution in [-0.2, 0) is 31.8 Å². The van der Waals surface area contributed by atoms with E-state index in [0.29, 0.717) is 12.4 Å². The molecule has 0 radical (unpaired) electrons. The minimum atomic E-state index is -1.54. The summed E-state index contributed by atoms with van der Waals surface area (Å²) < 4.78 is 17.5. The Morgan fingerprint density at radius 1 is 1.47 bits per heavy atom. The normalized spacial score (nSPS) is 14.4. The number of imidazole rings is 1. The Kier molecular flexibility index (Phi) is 4.65. The number of carbonyl (C=O) groups excluding carboxylic acids is 1. The van der Waals surface area contributed by atoms with E-state index in [-0.39, 0.29) is 6.61 Å². The summed E-state index contributed by atoms with van der Waals surface area (Å²) in [5, 5.41) is 0. The molecule has 0 spiro atoms. The first kappa shape index (κ1) is 13.7. The Bertz CT molecular complexity index is 377. The summed E-state index contributed by atoms with van der Waals surface area (Å²) in [5.41, 5.74) is 0. The zero-order valence-electron chi connectivity index (χ0n) is 10.6. The van der Waals surface area contributed by atoms with Gasteiger partial charge in [0.25, 0.3) is 0 Å². The van der Waals surface area contributed by atoms with E-state index in [0.717, 1.165) is 0 Å². The molecule has 0 aliphatic heterocycles. The van der Waals surface area contributed by atoms with Gasteiger partial charge in [-0.1, -0.05) is 0 Å². The summed E-state index contributed by atoms with van der Waals surface area (Å²) in [5.74, 6) is -1.62. The number of ether oxygens (including phenoxy) is 3. The minimum absolute atomic E-state index is 0.265. The van der Waals surface area contributed by atoms with E-state index in [1.165, 1.54) is 7.11 Å². The van der Waals surface area contributed by atoms with E-state index in [2.05, 4.69) is 4.98 Å². The summed E-state index contributed by atoms with van der Waals surface area (Å²) in [6.07, 6.45) is 3.46. The molecular formula is C11H19N2O4+. The minimum Gasteiger partial charge on any atom is -0.461 e. The Labute approximate surface area is 100 Å². The Hall–Kier alpha value is -1.40. The molecule has 1 N–H and O–H groups in total. The molecule has 0 aromatic carbocycles. The number of hydrogen-bond acceptors (Lipinski definition) is 4. The van der Waals surface area contributed by atoms with Crippen LogP contribution in [-0.4, -0.2) is 31.3 Å². The van der Waals surface area contributed by atoms with Gasteiger partial charge in [0.15, 0.2) is 0 Å². The fourth-order valence-electron chi connectivity index (χ4n) is 1.62. The second kappa shape index (κ2) is 5.79. The molecule has 17 heavy (non-hydrogen) atoms. The van der Waals surface area contributed by atoms with Gasteiger partial charge in [-0.2, -0.15) is 0 Å². The zero-order valence-corrected chi connectivity index (χ0v) is 10.6. The number of hydrogen-bond donors (Lipinski definition) is 1. The number of rotatable bonds is 6. The molecule has 0 amide bonds. The van der Waals surface area contributed by atoms with E-state index in [9.17, 15) is 4.79 Å². The predicted octanol–water partition coefficient (Wildman–Crippen LogP) is 0.238. The Balaban J connectivity index is 3.17. The van der Waals surface area contributed by atoms with Crippen LogP contribution in [0, 0.1) is 0 Å². The molecule has 6 heteroatoms. The number of nitrogens with one attached hydrogen (secondary N) is 1. The number of H-pyrrole nitrogens is 1. The van der Waals surface area contributed by atoms with Crippen molar-refractivity contribution >= 4 is 5.97 Å². The largest absolute Gasteiger partial charge is 0.461 e. The van der Waals surface area contributed by atoms with Crippen LogP contribution in [0.4, 0.5) is 0 Å². The number of aromatic nitrogens is 2. The number of esters is 1. The lowest BCUT2D eigenvalue weighted by atomic mass is 10.2. The first-order chi connectivity index (χ1) is 8.12. The average Bonchev–Trinajstić information content (AvgIpc) is 2.73. The van der Waals surface area contributed by atoms with Crippen LogP contribution >= 0.6 is 0 Å². The SMILES string of the molecule is CCOC(=O)C(OC)(OCC)c1[nH]cc[n+]1C. The van der Waals surface area contributed by atoms with Crippen molar-refractivity contribution in [3.8, 4) is 0 Å². The van der Waals surface area contributed by atoms with Crippen molar-refractivity contribution in [2.24, 2.45) is 7.05 Å². The molecule has 0 aliphatic rings. The molecule has 0 saturated carbocycles. The summed E-state index contributed by atoms with van der Waals surface area (Å²) in [6, 6.07) is 0. The van der Waals surface area contributed by atoms with Crippen LogP contribution in [0.25, 0.3) is 0 Å². The average molecular weight is 243 g/mol. The fourth-order valence-corrected chi connectivity index (χ4v) is 1.62. The second-order valence-electron chi connectivity index (χ2n) is 3.39.